The Morgan fingerprint density at radius 2 is 2.38 bits per heavy atom. The highest BCUT2D eigenvalue weighted by Crippen LogP contribution is 2.07. The van der Waals surface area contributed by atoms with Crippen LogP contribution in [0.3, 0.4) is 0 Å². The number of rotatable bonds is 3. The molecule has 1 aliphatic heterocycles. The standard InChI is InChI=1S/C9H19N3O/c1-7-8(4-3-5-11-7)12-9(13)6-10-2/h7-8,10-11H,3-6H2,1-2H3,(H,12,13). The van der Waals surface area contributed by atoms with Crippen LogP contribution in [0.15, 0.2) is 0 Å². The molecule has 3 N–H and O–H groups in total. The number of hydrogen-bond donors (Lipinski definition) is 3. The van der Waals surface area contributed by atoms with Gasteiger partial charge in [-0.2, -0.15) is 0 Å². The molecule has 2 unspecified atom stereocenters. The van der Waals surface area contributed by atoms with Crippen molar-refractivity contribution in [2.45, 2.75) is 31.8 Å². The minimum Gasteiger partial charge on any atom is -0.351 e. The molecule has 0 radical (unpaired) electrons. The maximum absolute atomic E-state index is 11.3. The van der Waals surface area contributed by atoms with E-state index in [0.717, 1.165) is 19.4 Å². The fourth-order valence-electron chi connectivity index (χ4n) is 1.66. The summed E-state index contributed by atoms with van der Waals surface area (Å²) in [6.45, 7) is 3.59. The quantitative estimate of drug-likeness (QED) is 0.553. The van der Waals surface area contributed by atoms with Crippen molar-refractivity contribution in [1.29, 1.82) is 0 Å². The third-order valence-electron chi connectivity index (χ3n) is 2.45. The monoisotopic (exact) mass is 185 g/mol. The van der Waals surface area contributed by atoms with Crippen molar-refractivity contribution >= 4 is 5.91 Å². The molecule has 0 bridgehead atoms. The summed E-state index contributed by atoms with van der Waals surface area (Å²) in [6.07, 6.45) is 2.23. The summed E-state index contributed by atoms with van der Waals surface area (Å²) in [4.78, 5) is 11.3. The van der Waals surface area contributed by atoms with Crippen LogP contribution in [-0.2, 0) is 4.79 Å². The Hall–Kier alpha value is -0.610. The third-order valence-corrected chi connectivity index (χ3v) is 2.45. The van der Waals surface area contributed by atoms with E-state index in [9.17, 15) is 4.79 Å². The van der Waals surface area contributed by atoms with Gasteiger partial charge < -0.3 is 16.0 Å². The molecular formula is C9H19N3O. The Bertz CT molecular complexity index is 172. The maximum atomic E-state index is 11.3. The zero-order chi connectivity index (χ0) is 9.68. The summed E-state index contributed by atoms with van der Waals surface area (Å²) in [7, 11) is 1.78. The lowest BCUT2D eigenvalue weighted by Gasteiger charge is -2.30. The molecule has 1 fully saturated rings. The normalized spacial score (nSPS) is 28.5. The van der Waals surface area contributed by atoms with Crippen molar-refractivity contribution in [2.24, 2.45) is 0 Å². The highest BCUT2D eigenvalue weighted by molar-refractivity contribution is 5.78. The van der Waals surface area contributed by atoms with Crippen molar-refractivity contribution in [3.8, 4) is 0 Å². The van der Waals surface area contributed by atoms with Crippen LogP contribution in [0.4, 0.5) is 0 Å². The Morgan fingerprint density at radius 1 is 1.62 bits per heavy atom. The number of amides is 1. The van der Waals surface area contributed by atoms with E-state index in [1.54, 1.807) is 7.05 Å². The van der Waals surface area contributed by atoms with Crippen molar-refractivity contribution in [2.75, 3.05) is 20.1 Å². The van der Waals surface area contributed by atoms with E-state index in [-0.39, 0.29) is 5.91 Å². The zero-order valence-electron chi connectivity index (χ0n) is 8.39. The molecule has 0 aromatic rings. The predicted molar refractivity (Wildman–Crippen MR) is 52.6 cm³/mol. The van der Waals surface area contributed by atoms with Crippen molar-refractivity contribution < 1.29 is 4.79 Å². The van der Waals surface area contributed by atoms with Crippen LogP contribution in [0.2, 0.25) is 0 Å². The van der Waals surface area contributed by atoms with E-state index >= 15 is 0 Å². The molecule has 1 rings (SSSR count). The molecule has 2 atom stereocenters. The lowest BCUT2D eigenvalue weighted by atomic mass is 10.00. The van der Waals surface area contributed by atoms with Crippen molar-refractivity contribution in [3.63, 3.8) is 0 Å². The van der Waals surface area contributed by atoms with E-state index in [1.165, 1.54) is 0 Å². The second-order valence-electron chi connectivity index (χ2n) is 3.59. The lowest BCUT2D eigenvalue weighted by molar-refractivity contribution is -0.121. The highest BCUT2D eigenvalue weighted by atomic mass is 16.1. The maximum Gasteiger partial charge on any atom is 0.234 e. The van der Waals surface area contributed by atoms with Gasteiger partial charge in [0.05, 0.1) is 6.54 Å². The number of hydrogen-bond acceptors (Lipinski definition) is 3. The highest BCUT2D eigenvalue weighted by Gasteiger charge is 2.21. The SMILES string of the molecule is CNCC(=O)NC1CCCNC1C. The fraction of sp³-hybridized carbons (Fsp3) is 0.889. The molecule has 1 heterocycles. The molecule has 0 saturated carbocycles. The lowest BCUT2D eigenvalue weighted by Crippen LogP contribution is -2.53. The molecule has 4 heteroatoms. The number of likely N-dealkylation sites (N-methyl/N-ethyl adjacent to an activating group) is 1. The number of carbonyl (C=O) groups excluding carboxylic acids is 1. The van der Waals surface area contributed by atoms with Crippen LogP contribution in [0.1, 0.15) is 19.8 Å². The van der Waals surface area contributed by atoms with Crippen LogP contribution in [-0.4, -0.2) is 38.1 Å². The van der Waals surface area contributed by atoms with Gasteiger partial charge in [0, 0.05) is 12.1 Å². The van der Waals surface area contributed by atoms with Crippen LogP contribution in [0, 0.1) is 0 Å². The van der Waals surface area contributed by atoms with Crippen LogP contribution in [0.25, 0.3) is 0 Å². The van der Waals surface area contributed by atoms with Gasteiger partial charge >= 0.3 is 0 Å². The Labute approximate surface area is 79.5 Å². The molecule has 1 amide bonds. The van der Waals surface area contributed by atoms with E-state index < -0.39 is 0 Å². The van der Waals surface area contributed by atoms with Gasteiger partial charge in [-0.05, 0) is 33.4 Å². The third kappa shape index (κ3) is 3.32. The summed E-state index contributed by atoms with van der Waals surface area (Å²) < 4.78 is 0. The minimum absolute atomic E-state index is 0.0862. The largest absolute Gasteiger partial charge is 0.351 e. The van der Waals surface area contributed by atoms with Crippen LogP contribution >= 0.6 is 0 Å². The van der Waals surface area contributed by atoms with Gasteiger partial charge in [-0.3, -0.25) is 4.79 Å². The van der Waals surface area contributed by atoms with Gasteiger partial charge in [-0.25, -0.2) is 0 Å². The van der Waals surface area contributed by atoms with Gasteiger partial charge in [-0.15, -0.1) is 0 Å². The molecule has 0 aromatic heterocycles. The van der Waals surface area contributed by atoms with Gasteiger partial charge in [0.25, 0.3) is 0 Å². The first-order valence-electron chi connectivity index (χ1n) is 4.91. The fourth-order valence-corrected chi connectivity index (χ4v) is 1.66. The van der Waals surface area contributed by atoms with E-state index in [2.05, 4.69) is 22.9 Å². The second kappa shape index (κ2) is 5.19. The van der Waals surface area contributed by atoms with E-state index in [1.807, 2.05) is 0 Å². The number of nitrogens with one attached hydrogen (secondary N) is 3. The van der Waals surface area contributed by atoms with Crippen molar-refractivity contribution in [3.05, 3.63) is 0 Å². The van der Waals surface area contributed by atoms with E-state index in [4.69, 9.17) is 0 Å². The van der Waals surface area contributed by atoms with Crippen LogP contribution < -0.4 is 16.0 Å². The van der Waals surface area contributed by atoms with Gasteiger partial charge in [0.2, 0.25) is 5.91 Å². The van der Waals surface area contributed by atoms with Gasteiger partial charge in [0.1, 0.15) is 0 Å². The average Bonchev–Trinajstić information content (AvgIpc) is 2.09. The average molecular weight is 185 g/mol. The number of carbonyl (C=O) groups is 1. The molecule has 4 nitrogen and oxygen atoms in total. The van der Waals surface area contributed by atoms with E-state index in [0.29, 0.717) is 18.6 Å². The first kappa shape index (κ1) is 10.5. The first-order chi connectivity index (χ1) is 6.24. The molecular weight excluding hydrogens is 166 g/mol. The predicted octanol–water partition coefficient (Wildman–Crippen LogP) is -0.537. The van der Waals surface area contributed by atoms with Gasteiger partial charge in [-0.1, -0.05) is 0 Å². The molecule has 0 aliphatic carbocycles. The summed E-state index contributed by atoms with van der Waals surface area (Å²) in [5.74, 6) is 0.0862. The molecule has 1 aliphatic rings. The molecule has 1 saturated heterocycles. The Balaban J connectivity index is 2.29. The van der Waals surface area contributed by atoms with Crippen LogP contribution in [0.5, 0.6) is 0 Å². The summed E-state index contributed by atoms with van der Waals surface area (Å²) >= 11 is 0. The Morgan fingerprint density at radius 3 is 3.00 bits per heavy atom. The summed E-state index contributed by atoms with van der Waals surface area (Å²) in [5.41, 5.74) is 0. The molecule has 13 heavy (non-hydrogen) atoms. The molecule has 76 valence electrons. The second-order valence-corrected chi connectivity index (χ2v) is 3.59. The molecule has 0 spiro atoms. The van der Waals surface area contributed by atoms with Gasteiger partial charge in [0.15, 0.2) is 0 Å². The smallest absolute Gasteiger partial charge is 0.234 e. The molecule has 0 aromatic carbocycles. The topological polar surface area (TPSA) is 53.2 Å². The zero-order valence-corrected chi connectivity index (χ0v) is 8.39. The Kier molecular flexibility index (Phi) is 4.18. The minimum atomic E-state index is 0.0862. The summed E-state index contributed by atoms with van der Waals surface area (Å²) in [5, 5.41) is 9.19. The number of piperidine rings is 1. The first-order valence-corrected chi connectivity index (χ1v) is 4.91. The van der Waals surface area contributed by atoms with Crippen molar-refractivity contribution in [1.82, 2.24) is 16.0 Å². The summed E-state index contributed by atoms with van der Waals surface area (Å²) in [6, 6.07) is 0.698.